The van der Waals surface area contributed by atoms with E-state index in [0.717, 1.165) is 70.3 Å². The van der Waals surface area contributed by atoms with Gasteiger partial charge in [0, 0.05) is 75.8 Å². The number of halogens is 1. The zero-order valence-electron chi connectivity index (χ0n) is 18.8. The van der Waals surface area contributed by atoms with Crippen molar-refractivity contribution in [3.63, 3.8) is 0 Å². The molecule has 164 valence electrons. The van der Waals surface area contributed by atoms with Crippen LogP contribution in [0, 0.1) is 0 Å². The highest BCUT2D eigenvalue weighted by atomic mass is 35.5. The van der Waals surface area contributed by atoms with Crippen LogP contribution in [-0.4, -0.2) is 49.8 Å². The molecule has 1 aliphatic heterocycles. The van der Waals surface area contributed by atoms with Crippen LogP contribution in [0.5, 0.6) is 0 Å². The summed E-state index contributed by atoms with van der Waals surface area (Å²) in [5, 5.41) is 5.14. The van der Waals surface area contributed by atoms with Gasteiger partial charge in [-0.1, -0.05) is 35.9 Å². The van der Waals surface area contributed by atoms with E-state index in [9.17, 15) is 0 Å². The van der Waals surface area contributed by atoms with E-state index in [1.807, 2.05) is 6.07 Å². The lowest BCUT2D eigenvalue weighted by molar-refractivity contribution is 0.589. The molecule has 0 atom stereocenters. The van der Waals surface area contributed by atoms with E-state index in [1.165, 1.54) is 5.69 Å². The normalized spacial score (nSPS) is 14.2. The van der Waals surface area contributed by atoms with Crippen LogP contribution in [0.2, 0.25) is 5.02 Å². The molecule has 1 fully saturated rings. The summed E-state index contributed by atoms with van der Waals surface area (Å²) >= 11 is 6.74. The summed E-state index contributed by atoms with van der Waals surface area (Å²) in [6.45, 7) is 4.13. The predicted molar refractivity (Wildman–Crippen MR) is 136 cm³/mol. The van der Waals surface area contributed by atoms with Crippen LogP contribution in [0.4, 0.5) is 11.4 Å². The van der Waals surface area contributed by atoms with E-state index in [2.05, 4.69) is 94.3 Å². The lowest BCUT2D eigenvalue weighted by Crippen LogP contribution is -2.43. The first kappa shape index (κ1) is 20.9. The molecular formula is C26H28ClN5. The van der Waals surface area contributed by atoms with Crippen LogP contribution in [0.1, 0.15) is 0 Å². The van der Waals surface area contributed by atoms with Gasteiger partial charge in [-0.3, -0.25) is 0 Å². The van der Waals surface area contributed by atoms with E-state index in [1.54, 1.807) is 6.20 Å². The van der Waals surface area contributed by atoms with E-state index in [0.29, 0.717) is 0 Å². The minimum Gasteiger partial charge on any atom is -0.378 e. The third-order valence-corrected chi connectivity index (χ3v) is 6.61. The van der Waals surface area contributed by atoms with Gasteiger partial charge in [-0.05, 0) is 41.5 Å². The molecule has 0 amide bonds. The van der Waals surface area contributed by atoms with Gasteiger partial charge in [-0.15, -0.1) is 0 Å². The molecule has 1 N–H and O–H groups in total. The maximum atomic E-state index is 6.74. The fourth-order valence-corrected chi connectivity index (χ4v) is 4.85. The summed E-state index contributed by atoms with van der Waals surface area (Å²) in [4.78, 5) is 9.23. The van der Waals surface area contributed by atoms with E-state index in [4.69, 9.17) is 11.6 Å². The standard InChI is InChI=1S/C26H28ClN5/c1-30(2)21-6-4-5-19(17-21)23-24-22(27)11-12-29-26(24)31(3)25(23)18-7-9-20(10-8-18)32-15-13-28-14-16-32/h4-12,17,28H,13-16H2,1-3H3. The third kappa shape index (κ3) is 3.61. The SMILES string of the molecule is CN(C)c1cccc(-c2c(-c3ccc(N4CCNCC4)cc3)n(C)c3nccc(Cl)c23)c1. The highest BCUT2D eigenvalue weighted by molar-refractivity contribution is 6.37. The van der Waals surface area contributed by atoms with Gasteiger partial charge in [0.1, 0.15) is 5.65 Å². The number of benzene rings is 2. The smallest absolute Gasteiger partial charge is 0.142 e. The summed E-state index contributed by atoms with van der Waals surface area (Å²) in [5.41, 5.74) is 7.86. The molecule has 6 heteroatoms. The number of nitrogens with one attached hydrogen (secondary N) is 1. The predicted octanol–water partition coefficient (Wildman–Crippen LogP) is 5.04. The van der Waals surface area contributed by atoms with Gasteiger partial charge < -0.3 is 19.7 Å². The number of nitrogens with zero attached hydrogens (tertiary/aromatic N) is 4. The number of rotatable bonds is 4. The van der Waals surface area contributed by atoms with Gasteiger partial charge in [-0.2, -0.15) is 0 Å². The molecule has 5 rings (SSSR count). The van der Waals surface area contributed by atoms with E-state index < -0.39 is 0 Å². The molecule has 3 heterocycles. The topological polar surface area (TPSA) is 36.3 Å². The maximum absolute atomic E-state index is 6.74. The summed E-state index contributed by atoms with van der Waals surface area (Å²) in [5.74, 6) is 0. The number of hydrogen-bond donors (Lipinski definition) is 1. The highest BCUT2D eigenvalue weighted by Gasteiger charge is 2.22. The highest BCUT2D eigenvalue weighted by Crippen LogP contribution is 2.43. The molecule has 5 nitrogen and oxygen atoms in total. The molecule has 0 aliphatic carbocycles. The Kier molecular flexibility index (Phi) is 5.53. The average molecular weight is 446 g/mol. The second kappa shape index (κ2) is 8.49. The Balaban J connectivity index is 1.69. The first-order valence-corrected chi connectivity index (χ1v) is 11.4. The van der Waals surface area contributed by atoms with Crippen molar-refractivity contribution in [1.82, 2.24) is 14.9 Å². The van der Waals surface area contributed by atoms with Crippen molar-refractivity contribution in [3.8, 4) is 22.4 Å². The van der Waals surface area contributed by atoms with Crippen molar-refractivity contribution < 1.29 is 0 Å². The van der Waals surface area contributed by atoms with Crippen LogP contribution in [0.25, 0.3) is 33.4 Å². The van der Waals surface area contributed by atoms with Crippen LogP contribution in [-0.2, 0) is 7.05 Å². The van der Waals surface area contributed by atoms with Crippen molar-refractivity contribution in [1.29, 1.82) is 0 Å². The van der Waals surface area contributed by atoms with Crippen molar-refractivity contribution in [3.05, 3.63) is 65.8 Å². The summed E-state index contributed by atoms with van der Waals surface area (Å²) in [7, 11) is 6.20. The van der Waals surface area contributed by atoms with Crippen LogP contribution in [0.3, 0.4) is 0 Å². The Morgan fingerprint density at radius 3 is 2.44 bits per heavy atom. The molecule has 0 unspecified atom stereocenters. The van der Waals surface area contributed by atoms with Crippen LogP contribution in [0.15, 0.2) is 60.8 Å². The number of hydrogen-bond acceptors (Lipinski definition) is 4. The number of aromatic nitrogens is 2. The Labute approximate surface area is 194 Å². The molecule has 1 aliphatic rings. The van der Waals surface area contributed by atoms with E-state index in [-0.39, 0.29) is 0 Å². The van der Waals surface area contributed by atoms with Gasteiger partial charge in [0.05, 0.1) is 10.7 Å². The number of pyridine rings is 1. The minimum absolute atomic E-state index is 0.722. The Bertz CT molecular complexity index is 1250. The molecular weight excluding hydrogens is 418 g/mol. The minimum atomic E-state index is 0.722. The van der Waals surface area contributed by atoms with Crippen LogP contribution < -0.4 is 15.1 Å². The lowest BCUT2D eigenvalue weighted by atomic mass is 9.98. The summed E-state index contributed by atoms with van der Waals surface area (Å²) < 4.78 is 2.17. The second-order valence-electron chi connectivity index (χ2n) is 8.50. The Morgan fingerprint density at radius 2 is 1.72 bits per heavy atom. The fourth-order valence-electron chi connectivity index (χ4n) is 4.62. The largest absolute Gasteiger partial charge is 0.378 e. The maximum Gasteiger partial charge on any atom is 0.142 e. The molecule has 0 spiro atoms. The van der Waals surface area contributed by atoms with Gasteiger partial charge in [0.25, 0.3) is 0 Å². The van der Waals surface area contributed by atoms with Crippen molar-refractivity contribution >= 4 is 34.0 Å². The number of aryl methyl sites for hydroxylation is 1. The second-order valence-corrected chi connectivity index (χ2v) is 8.91. The zero-order chi connectivity index (χ0) is 22.2. The monoisotopic (exact) mass is 445 g/mol. The van der Waals surface area contributed by atoms with Crippen molar-refractivity contribution in [2.75, 3.05) is 50.1 Å². The van der Waals surface area contributed by atoms with Crippen molar-refractivity contribution in [2.45, 2.75) is 0 Å². The van der Waals surface area contributed by atoms with Gasteiger partial charge in [0.15, 0.2) is 0 Å². The quantitative estimate of drug-likeness (QED) is 0.477. The van der Waals surface area contributed by atoms with E-state index >= 15 is 0 Å². The Morgan fingerprint density at radius 1 is 0.969 bits per heavy atom. The lowest BCUT2D eigenvalue weighted by Gasteiger charge is -2.29. The number of anilines is 2. The summed E-state index contributed by atoms with van der Waals surface area (Å²) in [6.07, 6.45) is 1.78. The number of piperazine rings is 1. The van der Waals surface area contributed by atoms with Crippen molar-refractivity contribution in [2.24, 2.45) is 7.05 Å². The third-order valence-electron chi connectivity index (χ3n) is 6.29. The van der Waals surface area contributed by atoms with Gasteiger partial charge >= 0.3 is 0 Å². The molecule has 0 radical (unpaired) electrons. The zero-order valence-corrected chi connectivity index (χ0v) is 19.5. The average Bonchev–Trinajstić information content (AvgIpc) is 3.13. The molecule has 4 aromatic rings. The van der Waals surface area contributed by atoms with Gasteiger partial charge in [0.2, 0.25) is 0 Å². The molecule has 32 heavy (non-hydrogen) atoms. The molecule has 1 saturated heterocycles. The molecule has 0 bridgehead atoms. The van der Waals surface area contributed by atoms with Crippen LogP contribution >= 0.6 is 11.6 Å². The first-order valence-electron chi connectivity index (χ1n) is 11.0. The molecule has 2 aromatic carbocycles. The fraction of sp³-hybridized carbons (Fsp3) is 0.269. The van der Waals surface area contributed by atoms with Gasteiger partial charge in [-0.25, -0.2) is 4.98 Å². The first-order chi connectivity index (χ1) is 15.5. The molecule has 0 saturated carbocycles. The number of fused-ring (bicyclic) bond motifs is 1. The Hall–Kier alpha value is -3.02. The summed E-state index contributed by atoms with van der Waals surface area (Å²) in [6, 6.07) is 19.4. The molecule has 2 aromatic heterocycles.